The largest absolute Gasteiger partial charge is 0.476 e. The number of H-pyrrole nitrogens is 1. The summed E-state index contributed by atoms with van der Waals surface area (Å²) in [5, 5.41) is 14.9. The summed E-state index contributed by atoms with van der Waals surface area (Å²) >= 11 is 0. The molecule has 0 radical (unpaired) electrons. The first-order chi connectivity index (χ1) is 8.11. The van der Waals surface area contributed by atoms with Crippen LogP contribution in [0.2, 0.25) is 0 Å². The lowest BCUT2D eigenvalue weighted by Crippen LogP contribution is -2.21. The van der Waals surface area contributed by atoms with E-state index in [1.54, 1.807) is 31.2 Å². The van der Waals surface area contributed by atoms with Crippen LogP contribution in [0, 0.1) is 6.92 Å². The maximum Gasteiger partial charge on any atom is 0.360 e. The number of hydrogen-bond acceptors (Lipinski definition) is 3. The van der Waals surface area contributed by atoms with Crippen molar-refractivity contribution in [3.8, 4) is 11.1 Å². The fourth-order valence-electron chi connectivity index (χ4n) is 1.63. The Bertz CT molecular complexity index is 617. The predicted octanol–water partition coefficient (Wildman–Crippen LogP) is 1.44. The van der Waals surface area contributed by atoms with E-state index in [1.807, 2.05) is 6.07 Å². The zero-order valence-electron chi connectivity index (χ0n) is 9.10. The molecule has 0 aliphatic rings. The van der Waals surface area contributed by atoms with Crippen molar-refractivity contribution in [1.29, 1.82) is 0 Å². The quantitative estimate of drug-likeness (QED) is 0.817. The molecule has 86 valence electrons. The molecule has 5 heteroatoms. The summed E-state index contributed by atoms with van der Waals surface area (Å²) < 4.78 is 0. The van der Waals surface area contributed by atoms with Gasteiger partial charge in [0.05, 0.1) is 5.56 Å². The summed E-state index contributed by atoms with van der Waals surface area (Å²) in [6.45, 7) is 1.68. The second kappa shape index (κ2) is 4.21. The summed E-state index contributed by atoms with van der Waals surface area (Å²) in [7, 11) is 0. The maximum atomic E-state index is 12.0. The number of rotatable bonds is 2. The molecule has 1 heterocycles. The number of aromatic carboxylic acids is 1. The molecule has 0 atom stereocenters. The minimum Gasteiger partial charge on any atom is -0.476 e. The number of aryl methyl sites for hydroxylation is 1. The SMILES string of the molecule is Cc1[nH]nc(C(=O)O)c(=O)c1-c1ccccc1. The number of carboxylic acid groups (broad SMARTS) is 1. The Morgan fingerprint density at radius 1 is 1.29 bits per heavy atom. The average Bonchev–Trinajstić information content (AvgIpc) is 2.30. The van der Waals surface area contributed by atoms with Crippen molar-refractivity contribution in [3.05, 3.63) is 51.9 Å². The average molecular weight is 230 g/mol. The van der Waals surface area contributed by atoms with Gasteiger partial charge in [0.1, 0.15) is 0 Å². The molecule has 2 rings (SSSR count). The predicted molar refractivity (Wildman–Crippen MR) is 62.0 cm³/mol. The molecule has 0 unspecified atom stereocenters. The molecule has 2 aromatic rings. The van der Waals surface area contributed by atoms with Crippen LogP contribution in [0.15, 0.2) is 35.1 Å². The lowest BCUT2D eigenvalue weighted by atomic mass is 10.0. The van der Waals surface area contributed by atoms with Crippen LogP contribution in [0.1, 0.15) is 16.2 Å². The molecule has 0 aliphatic carbocycles. The molecule has 1 aromatic carbocycles. The molecule has 0 bridgehead atoms. The van der Waals surface area contributed by atoms with Crippen molar-refractivity contribution in [2.75, 3.05) is 0 Å². The van der Waals surface area contributed by atoms with Crippen molar-refractivity contribution >= 4 is 5.97 Å². The number of carboxylic acids is 1. The van der Waals surface area contributed by atoms with Gasteiger partial charge >= 0.3 is 5.97 Å². The van der Waals surface area contributed by atoms with E-state index in [0.29, 0.717) is 16.8 Å². The van der Waals surface area contributed by atoms with Gasteiger partial charge in [0, 0.05) is 5.69 Å². The van der Waals surface area contributed by atoms with Gasteiger partial charge in [-0.05, 0) is 12.5 Å². The minimum atomic E-state index is -1.33. The van der Waals surface area contributed by atoms with E-state index in [0.717, 1.165) is 0 Å². The van der Waals surface area contributed by atoms with Crippen LogP contribution in [0.5, 0.6) is 0 Å². The number of aromatic amines is 1. The molecule has 0 aliphatic heterocycles. The molecular formula is C12H10N2O3. The number of aromatic nitrogens is 2. The highest BCUT2D eigenvalue weighted by molar-refractivity contribution is 5.87. The minimum absolute atomic E-state index is 0.345. The number of nitrogens with one attached hydrogen (secondary N) is 1. The molecule has 0 saturated heterocycles. The Balaban J connectivity index is 2.74. The first-order valence-electron chi connectivity index (χ1n) is 4.99. The van der Waals surface area contributed by atoms with Crippen LogP contribution in [-0.4, -0.2) is 21.3 Å². The lowest BCUT2D eigenvalue weighted by molar-refractivity contribution is 0.0687. The second-order valence-electron chi connectivity index (χ2n) is 3.57. The van der Waals surface area contributed by atoms with Crippen LogP contribution in [-0.2, 0) is 0 Å². The standard InChI is InChI=1S/C12H10N2O3/c1-7-9(8-5-3-2-4-6-8)11(15)10(12(16)17)14-13-7/h2-6H,1H3,(H,13,15)(H,16,17). The molecule has 17 heavy (non-hydrogen) atoms. The van der Waals surface area contributed by atoms with Gasteiger partial charge in [-0.1, -0.05) is 30.3 Å². The first-order valence-corrected chi connectivity index (χ1v) is 4.99. The van der Waals surface area contributed by atoms with E-state index in [9.17, 15) is 9.59 Å². The molecule has 1 aromatic heterocycles. The van der Waals surface area contributed by atoms with E-state index < -0.39 is 17.1 Å². The molecule has 0 fully saturated rings. The van der Waals surface area contributed by atoms with Crippen LogP contribution in [0.25, 0.3) is 11.1 Å². The van der Waals surface area contributed by atoms with Crippen molar-refractivity contribution in [2.45, 2.75) is 6.92 Å². The van der Waals surface area contributed by atoms with E-state index in [4.69, 9.17) is 5.11 Å². The van der Waals surface area contributed by atoms with Crippen molar-refractivity contribution in [3.63, 3.8) is 0 Å². The zero-order valence-corrected chi connectivity index (χ0v) is 9.10. The van der Waals surface area contributed by atoms with Crippen LogP contribution in [0.3, 0.4) is 0 Å². The van der Waals surface area contributed by atoms with Crippen LogP contribution >= 0.6 is 0 Å². The summed E-state index contributed by atoms with van der Waals surface area (Å²) in [5.41, 5.74) is 0.509. The van der Waals surface area contributed by atoms with E-state index in [2.05, 4.69) is 10.2 Å². The number of benzene rings is 1. The Hall–Kier alpha value is -2.43. The van der Waals surface area contributed by atoms with E-state index in [1.165, 1.54) is 0 Å². The Morgan fingerprint density at radius 3 is 2.53 bits per heavy atom. The highest BCUT2D eigenvalue weighted by atomic mass is 16.4. The third-order valence-corrected chi connectivity index (χ3v) is 2.42. The monoisotopic (exact) mass is 230 g/mol. The molecule has 2 N–H and O–H groups in total. The number of nitrogens with zero attached hydrogens (tertiary/aromatic N) is 1. The van der Waals surface area contributed by atoms with Crippen molar-refractivity contribution < 1.29 is 9.90 Å². The van der Waals surface area contributed by atoms with Gasteiger partial charge in [-0.2, -0.15) is 5.10 Å². The third-order valence-electron chi connectivity index (χ3n) is 2.42. The highest BCUT2D eigenvalue weighted by Crippen LogP contribution is 2.17. The van der Waals surface area contributed by atoms with Gasteiger partial charge in [0.2, 0.25) is 11.1 Å². The summed E-state index contributed by atoms with van der Waals surface area (Å²) in [6, 6.07) is 8.91. The normalized spacial score (nSPS) is 10.2. The van der Waals surface area contributed by atoms with Gasteiger partial charge in [-0.25, -0.2) is 4.79 Å². The highest BCUT2D eigenvalue weighted by Gasteiger charge is 2.16. The maximum absolute atomic E-state index is 12.0. The first kappa shape index (κ1) is 11.1. The fraction of sp³-hybridized carbons (Fsp3) is 0.0833. The Kier molecular flexibility index (Phi) is 2.74. The second-order valence-corrected chi connectivity index (χ2v) is 3.57. The Labute approximate surface area is 96.7 Å². The fourth-order valence-corrected chi connectivity index (χ4v) is 1.63. The summed E-state index contributed by atoms with van der Waals surface area (Å²) in [5.74, 6) is -1.33. The Morgan fingerprint density at radius 2 is 1.94 bits per heavy atom. The lowest BCUT2D eigenvalue weighted by Gasteiger charge is -2.05. The molecule has 0 amide bonds. The number of hydrogen-bond donors (Lipinski definition) is 2. The molecule has 0 spiro atoms. The van der Waals surface area contributed by atoms with E-state index >= 15 is 0 Å². The van der Waals surface area contributed by atoms with E-state index in [-0.39, 0.29) is 0 Å². The van der Waals surface area contributed by atoms with Gasteiger partial charge in [0.15, 0.2) is 0 Å². The molecular weight excluding hydrogens is 220 g/mol. The summed E-state index contributed by atoms with van der Waals surface area (Å²) in [4.78, 5) is 22.8. The van der Waals surface area contributed by atoms with Gasteiger partial charge in [-0.3, -0.25) is 9.89 Å². The number of carbonyl (C=O) groups is 1. The molecule has 5 nitrogen and oxygen atoms in total. The topological polar surface area (TPSA) is 83.1 Å². The summed E-state index contributed by atoms with van der Waals surface area (Å²) in [6.07, 6.45) is 0. The zero-order chi connectivity index (χ0) is 12.4. The smallest absolute Gasteiger partial charge is 0.360 e. The van der Waals surface area contributed by atoms with Gasteiger partial charge in [0.25, 0.3) is 0 Å². The van der Waals surface area contributed by atoms with Crippen molar-refractivity contribution in [1.82, 2.24) is 10.2 Å². The van der Waals surface area contributed by atoms with Crippen LogP contribution < -0.4 is 5.43 Å². The van der Waals surface area contributed by atoms with Gasteiger partial charge < -0.3 is 5.11 Å². The third kappa shape index (κ3) is 1.94. The van der Waals surface area contributed by atoms with Crippen LogP contribution in [0.4, 0.5) is 0 Å². The van der Waals surface area contributed by atoms with Gasteiger partial charge in [-0.15, -0.1) is 0 Å². The van der Waals surface area contributed by atoms with Crippen molar-refractivity contribution in [2.24, 2.45) is 0 Å². The molecule has 0 saturated carbocycles.